The molecule has 2 amide bonds. The van der Waals surface area contributed by atoms with Crippen LogP contribution in [0.25, 0.3) is 6.08 Å². The Kier molecular flexibility index (Phi) is 9.61. The topological polar surface area (TPSA) is 76.7 Å². The monoisotopic (exact) mass is 360 g/mol. The Bertz CT molecular complexity index is 666. The molecule has 0 saturated heterocycles. The summed E-state index contributed by atoms with van der Waals surface area (Å²) in [4.78, 5) is 23.4. The van der Waals surface area contributed by atoms with Crippen LogP contribution in [0, 0.1) is 0 Å². The lowest BCUT2D eigenvalue weighted by Crippen LogP contribution is -2.27. The molecule has 0 unspecified atom stereocenters. The van der Waals surface area contributed by atoms with E-state index in [1.165, 1.54) is 6.08 Å². The maximum Gasteiger partial charge on any atom is 0.246 e. The Morgan fingerprint density at radius 2 is 1.69 bits per heavy atom. The van der Waals surface area contributed by atoms with Crippen LogP contribution in [0.15, 0.2) is 35.9 Å². The van der Waals surface area contributed by atoms with E-state index in [-0.39, 0.29) is 11.8 Å². The number of carbonyl (C=O) groups excluding carboxylic acids is 2. The van der Waals surface area contributed by atoms with Crippen molar-refractivity contribution in [1.29, 1.82) is 0 Å². The van der Waals surface area contributed by atoms with Gasteiger partial charge in [-0.05, 0) is 50.5 Å². The molecule has 0 bridgehead atoms. The molecule has 26 heavy (non-hydrogen) atoms. The van der Waals surface area contributed by atoms with Gasteiger partial charge in [0.2, 0.25) is 11.8 Å². The van der Waals surface area contributed by atoms with Crippen molar-refractivity contribution in [3.8, 4) is 11.5 Å². The highest BCUT2D eigenvalue weighted by Crippen LogP contribution is 2.27. The van der Waals surface area contributed by atoms with E-state index in [0.717, 1.165) is 18.4 Å². The number of ether oxygens (including phenoxy) is 2. The molecule has 2 N–H and O–H groups in total. The van der Waals surface area contributed by atoms with E-state index < -0.39 is 0 Å². The summed E-state index contributed by atoms with van der Waals surface area (Å²) in [6.07, 6.45) is 6.59. The van der Waals surface area contributed by atoms with Crippen LogP contribution in [0.1, 0.15) is 32.3 Å². The number of hydrogen-bond acceptors (Lipinski definition) is 4. The summed E-state index contributed by atoms with van der Waals surface area (Å²) in [5, 5.41) is 5.65. The zero-order valence-electron chi connectivity index (χ0n) is 15.9. The lowest BCUT2D eigenvalue weighted by Gasteiger charge is -2.07. The quantitative estimate of drug-likeness (QED) is 0.497. The zero-order chi connectivity index (χ0) is 19.4. The van der Waals surface area contributed by atoms with Gasteiger partial charge in [-0.2, -0.15) is 0 Å². The predicted molar refractivity (Wildman–Crippen MR) is 103 cm³/mol. The van der Waals surface area contributed by atoms with E-state index in [2.05, 4.69) is 10.6 Å². The van der Waals surface area contributed by atoms with E-state index >= 15 is 0 Å². The molecule has 0 atom stereocenters. The van der Waals surface area contributed by atoms with Crippen molar-refractivity contribution in [2.75, 3.05) is 27.3 Å². The average molecular weight is 360 g/mol. The molecule has 6 nitrogen and oxygen atoms in total. The van der Waals surface area contributed by atoms with Crippen molar-refractivity contribution in [2.24, 2.45) is 0 Å². The van der Waals surface area contributed by atoms with Crippen molar-refractivity contribution >= 4 is 17.9 Å². The minimum absolute atomic E-state index is 0.0469. The van der Waals surface area contributed by atoms with Gasteiger partial charge in [-0.25, -0.2) is 0 Å². The number of amides is 2. The second-order valence-corrected chi connectivity index (χ2v) is 5.67. The van der Waals surface area contributed by atoms with Crippen LogP contribution >= 0.6 is 0 Å². The molecule has 0 aliphatic rings. The molecular weight excluding hydrogens is 332 g/mol. The average Bonchev–Trinajstić information content (AvgIpc) is 2.67. The summed E-state index contributed by atoms with van der Waals surface area (Å²) in [7, 11) is 3.15. The van der Waals surface area contributed by atoms with Gasteiger partial charge in [0.05, 0.1) is 14.2 Å². The number of methoxy groups -OCH3 is 2. The van der Waals surface area contributed by atoms with Crippen molar-refractivity contribution in [2.45, 2.75) is 26.7 Å². The van der Waals surface area contributed by atoms with Crippen LogP contribution in [0.5, 0.6) is 11.5 Å². The van der Waals surface area contributed by atoms with Crippen LogP contribution in [-0.4, -0.2) is 39.1 Å². The molecule has 0 saturated carbocycles. The largest absolute Gasteiger partial charge is 0.493 e. The first-order chi connectivity index (χ1) is 12.5. The minimum atomic E-state index is -0.159. The smallest absolute Gasteiger partial charge is 0.246 e. The fourth-order valence-electron chi connectivity index (χ4n) is 2.12. The predicted octanol–water partition coefficient (Wildman–Crippen LogP) is 2.70. The summed E-state index contributed by atoms with van der Waals surface area (Å²) in [5.74, 6) is 1.05. The van der Waals surface area contributed by atoms with Crippen LogP contribution < -0.4 is 20.1 Å². The fraction of sp³-hybridized carbons (Fsp3) is 0.400. The van der Waals surface area contributed by atoms with Gasteiger partial charge in [0, 0.05) is 24.7 Å². The fourth-order valence-corrected chi connectivity index (χ4v) is 2.12. The highest BCUT2D eigenvalue weighted by atomic mass is 16.5. The number of benzene rings is 1. The molecule has 0 spiro atoms. The number of hydrogen-bond donors (Lipinski definition) is 2. The summed E-state index contributed by atoms with van der Waals surface area (Å²) in [5.41, 5.74) is 1.55. The van der Waals surface area contributed by atoms with Crippen LogP contribution in [0.3, 0.4) is 0 Å². The zero-order valence-corrected chi connectivity index (χ0v) is 15.9. The Morgan fingerprint density at radius 3 is 2.31 bits per heavy atom. The summed E-state index contributed by atoms with van der Waals surface area (Å²) in [6, 6.07) is 5.44. The molecule has 6 heteroatoms. The van der Waals surface area contributed by atoms with Gasteiger partial charge in [-0.3, -0.25) is 9.59 Å². The standard InChI is InChI=1S/C20H28N2O4/c1-5-15(2)20(24)22-13-7-6-12-21-19(23)11-9-16-8-10-17(25-3)18(14-16)26-4/h5,8-11,14H,6-7,12-13H2,1-4H3,(H,21,23)(H,22,24)/b11-9+,15-5+. The third kappa shape index (κ3) is 7.42. The highest BCUT2D eigenvalue weighted by molar-refractivity contribution is 5.92. The molecule has 0 heterocycles. The molecular formula is C20H28N2O4. The summed E-state index contributed by atoms with van der Waals surface area (Å²) >= 11 is 0. The van der Waals surface area contributed by atoms with Gasteiger partial charge < -0.3 is 20.1 Å². The summed E-state index contributed by atoms with van der Waals surface area (Å²) in [6.45, 7) is 4.77. The van der Waals surface area contributed by atoms with Crippen LogP contribution in [0.2, 0.25) is 0 Å². The molecule has 0 aliphatic carbocycles. The number of unbranched alkanes of at least 4 members (excludes halogenated alkanes) is 1. The third-order valence-electron chi connectivity index (χ3n) is 3.81. The van der Waals surface area contributed by atoms with Crippen LogP contribution in [-0.2, 0) is 9.59 Å². The van der Waals surface area contributed by atoms with Gasteiger partial charge in [0.25, 0.3) is 0 Å². The maximum absolute atomic E-state index is 11.8. The first kappa shape index (κ1) is 21.3. The number of allylic oxidation sites excluding steroid dienone is 1. The van der Waals surface area contributed by atoms with Gasteiger partial charge in [-0.1, -0.05) is 12.1 Å². The Labute approximate surface area is 155 Å². The van der Waals surface area contributed by atoms with E-state index in [4.69, 9.17) is 9.47 Å². The Morgan fingerprint density at radius 1 is 1.04 bits per heavy atom. The third-order valence-corrected chi connectivity index (χ3v) is 3.81. The number of rotatable bonds is 10. The van der Waals surface area contributed by atoms with Crippen molar-refractivity contribution in [3.63, 3.8) is 0 Å². The normalized spacial score (nSPS) is 11.3. The van der Waals surface area contributed by atoms with Crippen LogP contribution in [0.4, 0.5) is 0 Å². The van der Waals surface area contributed by atoms with Gasteiger partial charge in [0.1, 0.15) is 0 Å². The van der Waals surface area contributed by atoms with E-state index in [1.807, 2.05) is 13.0 Å². The van der Waals surface area contributed by atoms with Gasteiger partial charge >= 0.3 is 0 Å². The van der Waals surface area contributed by atoms with Crippen molar-refractivity contribution in [3.05, 3.63) is 41.5 Å². The lowest BCUT2D eigenvalue weighted by molar-refractivity contribution is -0.118. The van der Waals surface area contributed by atoms with E-state index in [0.29, 0.717) is 30.2 Å². The lowest BCUT2D eigenvalue weighted by atomic mass is 10.2. The van der Waals surface area contributed by atoms with E-state index in [9.17, 15) is 9.59 Å². The van der Waals surface area contributed by atoms with Crippen molar-refractivity contribution < 1.29 is 19.1 Å². The highest BCUT2D eigenvalue weighted by Gasteiger charge is 2.03. The Hall–Kier alpha value is -2.76. The van der Waals surface area contributed by atoms with Gasteiger partial charge in [0.15, 0.2) is 11.5 Å². The Balaban J connectivity index is 2.30. The van der Waals surface area contributed by atoms with E-state index in [1.54, 1.807) is 45.4 Å². The SMILES string of the molecule is C/C=C(\C)C(=O)NCCCCNC(=O)/C=C/c1ccc(OC)c(OC)c1. The molecule has 1 aromatic carbocycles. The molecule has 0 radical (unpaired) electrons. The maximum atomic E-state index is 11.8. The molecule has 1 rings (SSSR count). The summed E-state index contributed by atoms with van der Waals surface area (Å²) < 4.78 is 10.4. The number of carbonyl (C=O) groups is 2. The second-order valence-electron chi connectivity index (χ2n) is 5.67. The second kappa shape index (κ2) is 11.7. The molecule has 1 aromatic rings. The molecule has 0 aromatic heterocycles. The van der Waals surface area contributed by atoms with Crippen molar-refractivity contribution in [1.82, 2.24) is 10.6 Å². The van der Waals surface area contributed by atoms with Gasteiger partial charge in [-0.15, -0.1) is 0 Å². The molecule has 0 fully saturated rings. The number of nitrogens with one attached hydrogen (secondary N) is 2. The molecule has 0 aliphatic heterocycles. The first-order valence-corrected chi connectivity index (χ1v) is 8.60. The minimum Gasteiger partial charge on any atom is -0.493 e. The molecule has 142 valence electrons. The first-order valence-electron chi connectivity index (χ1n) is 8.60.